The quantitative estimate of drug-likeness (QED) is 0.782. The minimum atomic E-state index is -3.78. The van der Waals surface area contributed by atoms with Gasteiger partial charge in [-0.15, -0.1) is 0 Å². The lowest BCUT2D eigenvalue weighted by atomic mass is 10.4. The highest BCUT2D eigenvalue weighted by atomic mass is 79.9. The number of nitrogens with zero attached hydrogens (tertiary/aromatic N) is 1. The molecule has 2 N–H and O–H groups in total. The molecule has 9 heteroatoms. The van der Waals surface area contributed by atoms with Gasteiger partial charge in [0.15, 0.2) is 4.67 Å². The van der Waals surface area contributed by atoms with Gasteiger partial charge in [-0.05, 0) is 41.9 Å². The van der Waals surface area contributed by atoms with Gasteiger partial charge in [-0.3, -0.25) is 0 Å². The van der Waals surface area contributed by atoms with Crippen LogP contribution in [0.3, 0.4) is 0 Å². The molecule has 1 aliphatic heterocycles. The van der Waals surface area contributed by atoms with Gasteiger partial charge in [-0.25, -0.2) is 17.9 Å². The number of rotatable bonds is 6. The maximum absolute atomic E-state index is 12.1. The summed E-state index contributed by atoms with van der Waals surface area (Å²) in [6.07, 6.45) is 2.28. The zero-order chi connectivity index (χ0) is 14.8. The summed E-state index contributed by atoms with van der Waals surface area (Å²) in [6.45, 7) is 2.89. The van der Waals surface area contributed by atoms with E-state index in [1.165, 1.54) is 0 Å². The van der Waals surface area contributed by atoms with Gasteiger partial charge in [-0.1, -0.05) is 0 Å². The molecule has 2 heterocycles. The van der Waals surface area contributed by atoms with Crippen LogP contribution in [0.5, 0.6) is 0 Å². The largest absolute Gasteiger partial charge is 0.475 e. The molecule has 0 unspecified atom stereocenters. The van der Waals surface area contributed by atoms with Crippen molar-refractivity contribution < 1.29 is 22.7 Å². The number of carboxylic acids is 1. The maximum atomic E-state index is 12.1. The van der Waals surface area contributed by atoms with Crippen LogP contribution in [0.2, 0.25) is 0 Å². The van der Waals surface area contributed by atoms with E-state index in [1.54, 1.807) is 0 Å². The van der Waals surface area contributed by atoms with Crippen molar-refractivity contribution >= 4 is 31.9 Å². The molecule has 1 saturated heterocycles. The Morgan fingerprint density at radius 3 is 2.65 bits per heavy atom. The molecule has 0 amide bonds. The van der Waals surface area contributed by atoms with Crippen LogP contribution in [0.4, 0.5) is 0 Å². The van der Waals surface area contributed by atoms with Crippen LogP contribution in [0, 0.1) is 0 Å². The van der Waals surface area contributed by atoms with Crippen molar-refractivity contribution in [1.82, 2.24) is 9.62 Å². The third-order valence-corrected chi connectivity index (χ3v) is 5.39. The van der Waals surface area contributed by atoms with Crippen molar-refractivity contribution in [2.75, 3.05) is 26.2 Å². The summed E-state index contributed by atoms with van der Waals surface area (Å²) in [6, 6.07) is 0.991. The molecule has 0 bridgehead atoms. The average molecular weight is 367 g/mol. The van der Waals surface area contributed by atoms with Crippen LogP contribution < -0.4 is 4.72 Å². The number of hydrogen-bond donors (Lipinski definition) is 2. The zero-order valence-corrected chi connectivity index (χ0v) is 13.0. The lowest BCUT2D eigenvalue weighted by Crippen LogP contribution is -2.33. The average Bonchev–Trinajstić information content (AvgIpc) is 2.98. The van der Waals surface area contributed by atoms with Gasteiger partial charge in [0.1, 0.15) is 4.90 Å². The summed E-state index contributed by atoms with van der Waals surface area (Å²) in [7, 11) is -3.78. The fourth-order valence-electron chi connectivity index (χ4n) is 2.06. The number of aromatic carboxylic acids is 1. The molecular weight excluding hydrogens is 352 g/mol. The first-order valence-corrected chi connectivity index (χ1v) is 8.42. The number of likely N-dealkylation sites (tertiary alicyclic amines) is 1. The van der Waals surface area contributed by atoms with Crippen molar-refractivity contribution in [2.24, 2.45) is 0 Å². The lowest BCUT2D eigenvalue weighted by molar-refractivity contribution is 0.0661. The molecule has 7 nitrogen and oxygen atoms in total. The summed E-state index contributed by atoms with van der Waals surface area (Å²) >= 11 is 2.92. The second-order valence-electron chi connectivity index (χ2n) is 4.50. The van der Waals surface area contributed by atoms with E-state index in [-0.39, 0.29) is 16.1 Å². The summed E-state index contributed by atoms with van der Waals surface area (Å²) in [5, 5.41) is 8.77. The van der Waals surface area contributed by atoms with E-state index in [2.05, 4.69) is 25.6 Å². The lowest BCUT2D eigenvalue weighted by Gasteiger charge is -2.14. The fourth-order valence-corrected chi connectivity index (χ4v) is 4.02. The van der Waals surface area contributed by atoms with E-state index in [0.29, 0.717) is 6.54 Å². The van der Waals surface area contributed by atoms with Crippen molar-refractivity contribution in [1.29, 1.82) is 0 Å². The van der Waals surface area contributed by atoms with Gasteiger partial charge in [0.2, 0.25) is 15.8 Å². The minimum absolute atomic E-state index is 0.108. The van der Waals surface area contributed by atoms with Gasteiger partial charge >= 0.3 is 5.97 Å². The normalized spacial score (nSPS) is 16.6. The number of carbonyl (C=O) groups is 1. The number of halogens is 1. The summed E-state index contributed by atoms with van der Waals surface area (Å²) in [5.74, 6) is -1.74. The van der Waals surface area contributed by atoms with Gasteiger partial charge in [-0.2, -0.15) is 0 Å². The molecular formula is C11H15BrN2O5S. The second kappa shape index (κ2) is 6.25. The van der Waals surface area contributed by atoms with Crippen LogP contribution >= 0.6 is 15.9 Å². The predicted molar refractivity (Wildman–Crippen MR) is 74.2 cm³/mol. The maximum Gasteiger partial charge on any atom is 0.371 e. The van der Waals surface area contributed by atoms with Crippen molar-refractivity contribution in [3.63, 3.8) is 0 Å². The molecule has 2 rings (SSSR count). The first-order chi connectivity index (χ1) is 9.40. The molecule has 0 aliphatic carbocycles. The number of hydrogen-bond acceptors (Lipinski definition) is 5. The first kappa shape index (κ1) is 15.5. The second-order valence-corrected chi connectivity index (χ2v) is 6.96. The summed E-state index contributed by atoms with van der Waals surface area (Å²) < 4.78 is 31.3. The molecule has 0 aromatic carbocycles. The third kappa shape index (κ3) is 3.60. The number of sulfonamides is 1. The van der Waals surface area contributed by atoms with Crippen LogP contribution in [0.25, 0.3) is 0 Å². The topological polar surface area (TPSA) is 99.8 Å². The number of furan rings is 1. The Balaban J connectivity index is 2.00. The van der Waals surface area contributed by atoms with E-state index in [9.17, 15) is 13.2 Å². The Bertz CT molecular complexity index is 592. The highest BCUT2D eigenvalue weighted by molar-refractivity contribution is 9.10. The zero-order valence-electron chi connectivity index (χ0n) is 10.6. The summed E-state index contributed by atoms with van der Waals surface area (Å²) in [4.78, 5) is 12.7. The van der Waals surface area contributed by atoms with E-state index in [0.717, 1.165) is 32.0 Å². The molecule has 1 aromatic rings. The molecule has 0 saturated carbocycles. The van der Waals surface area contributed by atoms with Crippen LogP contribution in [0.15, 0.2) is 20.0 Å². The Labute approximate surface area is 125 Å². The van der Waals surface area contributed by atoms with Crippen molar-refractivity contribution in [3.05, 3.63) is 16.5 Å². The predicted octanol–water partition coefficient (Wildman–Crippen LogP) is 1.11. The van der Waals surface area contributed by atoms with Gasteiger partial charge in [0, 0.05) is 19.2 Å². The highest BCUT2D eigenvalue weighted by Gasteiger charge is 2.24. The number of carboxylic acid groups (broad SMARTS) is 1. The molecule has 1 fully saturated rings. The van der Waals surface area contributed by atoms with Crippen molar-refractivity contribution in [3.8, 4) is 0 Å². The Kier molecular flexibility index (Phi) is 4.84. The fraction of sp³-hybridized carbons (Fsp3) is 0.545. The highest BCUT2D eigenvalue weighted by Crippen LogP contribution is 2.25. The SMILES string of the molecule is O=C(O)c1cc(S(=O)(=O)NCCN2CCCC2)c(Br)o1. The smallest absolute Gasteiger partial charge is 0.371 e. The molecule has 20 heavy (non-hydrogen) atoms. The van der Waals surface area contributed by atoms with Gasteiger partial charge < -0.3 is 14.4 Å². The molecule has 0 atom stereocenters. The summed E-state index contributed by atoms with van der Waals surface area (Å²) in [5.41, 5.74) is 0. The van der Waals surface area contributed by atoms with Crippen LogP contribution in [0.1, 0.15) is 23.4 Å². The minimum Gasteiger partial charge on any atom is -0.475 e. The molecule has 112 valence electrons. The molecule has 0 spiro atoms. The van der Waals surface area contributed by atoms with E-state index < -0.39 is 21.8 Å². The van der Waals surface area contributed by atoms with Crippen LogP contribution in [-0.4, -0.2) is 50.6 Å². The van der Waals surface area contributed by atoms with Crippen LogP contribution in [-0.2, 0) is 10.0 Å². The third-order valence-electron chi connectivity index (χ3n) is 3.07. The van der Waals surface area contributed by atoms with Gasteiger partial charge in [0.25, 0.3) is 0 Å². The molecule has 0 radical (unpaired) electrons. The first-order valence-electron chi connectivity index (χ1n) is 6.15. The van der Waals surface area contributed by atoms with E-state index in [1.807, 2.05) is 0 Å². The van der Waals surface area contributed by atoms with Gasteiger partial charge in [0.05, 0.1) is 0 Å². The van der Waals surface area contributed by atoms with Crippen molar-refractivity contribution in [2.45, 2.75) is 17.7 Å². The van der Waals surface area contributed by atoms with E-state index in [4.69, 9.17) is 9.52 Å². The number of nitrogens with one attached hydrogen (secondary N) is 1. The monoisotopic (exact) mass is 366 g/mol. The van der Waals surface area contributed by atoms with E-state index >= 15 is 0 Å². The standard InChI is InChI=1S/C11H15BrN2O5S/c12-10-9(7-8(19-10)11(15)16)20(17,18)13-3-6-14-4-1-2-5-14/h7,13H,1-6H2,(H,15,16). The Hall–Kier alpha value is -0.900. The Morgan fingerprint density at radius 1 is 1.45 bits per heavy atom. The molecule has 1 aliphatic rings. The Morgan fingerprint density at radius 2 is 2.10 bits per heavy atom. The molecule has 1 aromatic heterocycles.